The molecule has 1 amide bonds. The molecule has 0 atom stereocenters. The zero-order valence-corrected chi connectivity index (χ0v) is 10.2. The molecule has 17 heavy (non-hydrogen) atoms. The molecule has 0 fully saturated rings. The van der Waals surface area contributed by atoms with Crippen LogP contribution in [-0.4, -0.2) is 26.1 Å². The smallest absolute Gasteiger partial charge is 0.259 e. The molecule has 2 rings (SSSR count). The Kier molecular flexibility index (Phi) is 3.26. The number of amides is 1. The van der Waals surface area contributed by atoms with Crippen LogP contribution in [0.4, 0.5) is 5.95 Å². The zero-order valence-electron chi connectivity index (χ0n) is 8.66. The third kappa shape index (κ3) is 2.72. The van der Waals surface area contributed by atoms with Gasteiger partial charge in [0.05, 0.1) is 10.6 Å². The maximum absolute atomic E-state index is 11.8. The highest BCUT2D eigenvalue weighted by molar-refractivity contribution is 6.35. The minimum atomic E-state index is -0.446. The molecular formula is C9H7Cl2N5O. The Morgan fingerprint density at radius 2 is 2.24 bits per heavy atom. The Morgan fingerprint density at radius 3 is 2.88 bits per heavy atom. The van der Waals surface area contributed by atoms with E-state index >= 15 is 0 Å². The topological polar surface area (TPSA) is 83.6 Å². The fourth-order valence-corrected chi connectivity index (χ4v) is 1.50. The zero-order chi connectivity index (χ0) is 12.4. The Hall–Kier alpha value is -1.66. The SMILES string of the molecule is Cc1nc(NC(=O)c2cc(Cl)ncc2Cl)n[nH]1. The second-order valence-electron chi connectivity index (χ2n) is 3.19. The van der Waals surface area contributed by atoms with Crippen molar-refractivity contribution in [1.82, 2.24) is 20.2 Å². The first-order chi connectivity index (χ1) is 8.06. The molecule has 0 aromatic carbocycles. The Labute approximate surface area is 106 Å². The van der Waals surface area contributed by atoms with E-state index in [1.54, 1.807) is 6.92 Å². The van der Waals surface area contributed by atoms with Crippen LogP contribution >= 0.6 is 23.2 Å². The molecule has 0 aliphatic heterocycles. The summed E-state index contributed by atoms with van der Waals surface area (Å²) in [6.07, 6.45) is 1.31. The molecule has 0 spiro atoms. The number of aryl methyl sites for hydroxylation is 1. The molecule has 0 aliphatic rings. The van der Waals surface area contributed by atoms with Crippen molar-refractivity contribution in [2.45, 2.75) is 6.92 Å². The van der Waals surface area contributed by atoms with Gasteiger partial charge in [-0.25, -0.2) is 4.98 Å². The number of anilines is 1. The predicted molar refractivity (Wildman–Crippen MR) is 63.3 cm³/mol. The quantitative estimate of drug-likeness (QED) is 0.819. The predicted octanol–water partition coefficient (Wildman–Crippen LogP) is 2.07. The molecule has 6 nitrogen and oxygen atoms in total. The average Bonchev–Trinajstić information content (AvgIpc) is 2.67. The Bertz CT molecular complexity index is 568. The number of hydrogen-bond donors (Lipinski definition) is 2. The van der Waals surface area contributed by atoms with Crippen LogP contribution < -0.4 is 5.32 Å². The lowest BCUT2D eigenvalue weighted by Gasteiger charge is -2.03. The summed E-state index contributed by atoms with van der Waals surface area (Å²) in [5.41, 5.74) is 0.217. The van der Waals surface area contributed by atoms with Crippen molar-refractivity contribution in [3.05, 3.63) is 33.8 Å². The van der Waals surface area contributed by atoms with Gasteiger partial charge < -0.3 is 0 Å². The van der Waals surface area contributed by atoms with E-state index in [9.17, 15) is 4.79 Å². The molecule has 0 radical (unpaired) electrons. The summed E-state index contributed by atoms with van der Waals surface area (Å²) in [5, 5.41) is 9.26. The lowest BCUT2D eigenvalue weighted by Crippen LogP contribution is -2.13. The third-order valence-corrected chi connectivity index (χ3v) is 2.40. The highest BCUT2D eigenvalue weighted by atomic mass is 35.5. The summed E-state index contributed by atoms with van der Waals surface area (Å²) < 4.78 is 0. The van der Waals surface area contributed by atoms with Gasteiger partial charge in [0.25, 0.3) is 5.91 Å². The van der Waals surface area contributed by atoms with Crippen molar-refractivity contribution < 1.29 is 4.79 Å². The number of H-pyrrole nitrogens is 1. The van der Waals surface area contributed by atoms with Crippen molar-refractivity contribution >= 4 is 35.1 Å². The Morgan fingerprint density at radius 1 is 1.47 bits per heavy atom. The van der Waals surface area contributed by atoms with E-state index in [1.165, 1.54) is 12.3 Å². The lowest BCUT2D eigenvalue weighted by molar-refractivity contribution is 0.102. The fraction of sp³-hybridized carbons (Fsp3) is 0.111. The largest absolute Gasteiger partial charge is 0.289 e. The highest BCUT2D eigenvalue weighted by Gasteiger charge is 2.13. The lowest BCUT2D eigenvalue weighted by atomic mass is 10.2. The van der Waals surface area contributed by atoms with E-state index in [-0.39, 0.29) is 21.7 Å². The van der Waals surface area contributed by atoms with Crippen LogP contribution in [0.1, 0.15) is 16.2 Å². The van der Waals surface area contributed by atoms with Crippen LogP contribution in [0.15, 0.2) is 12.3 Å². The van der Waals surface area contributed by atoms with Crippen molar-refractivity contribution in [2.75, 3.05) is 5.32 Å². The number of nitrogens with one attached hydrogen (secondary N) is 2. The molecule has 0 bridgehead atoms. The van der Waals surface area contributed by atoms with E-state index in [2.05, 4.69) is 25.5 Å². The highest BCUT2D eigenvalue weighted by Crippen LogP contribution is 2.18. The van der Waals surface area contributed by atoms with Gasteiger partial charge in [-0.1, -0.05) is 23.2 Å². The molecule has 0 unspecified atom stereocenters. The molecule has 2 N–H and O–H groups in total. The molecule has 8 heteroatoms. The minimum Gasteiger partial charge on any atom is -0.289 e. The molecule has 2 aromatic rings. The summed E-state index contributed by atoms with van der Waals surface area (Å²) in [7, 11) is 0. The van der Waals surface area contributed by atoms with E-state index in [4.69, 9.17) is 23.2 Å². The molecular weight excluding hydrogens is 265 g/mol. The number of halogens is 2. The first kappa shape index (κ1) is 11.8. The van der Waals surface area contributed by atoms with Gasteiger partial charge in [-0.2, -0.15) is 4.98 Å². The van der Waals surface area contributed by atoms with Gasteiger partial charge in [0.2, 0.25) is 5.95 Å². The summed E-state index contributed by atoms with van der Waals surface area (Å²) >= 11 is 11.5. The van der Waals surface area contributed by atoms with E-state index in [0.717, 1.165) is 0 Å². The number of nitrogens with zero attached hydrogens (tertiary/aromatic N) is 3. The van der Waals surface area contributed by atoms with Crippen LogP contribution in [0.5, 0.6) is 0 Å². The van der Waals surface area contributed by atoms with Crippen LogP contribution in [0.3, 0.4) is 0 Å². The van der Waals surface area contributed by atoms with Crippen LogP contribution in [0, 0.1) is 6.92 Å². The summed E-state index contributed by atoms with van der Waals surface area (Å²) in [6.45, 7) is 1.72. The van der Waals surface area contributed by atoms with E-state index in [0.29, 0.717) is 5.82 Å². The number of carbonyl (C=O) groups is 1. The number of pyridine rings is 1. The molecule has 0 saturated heterocycles. The number of aromatic amines is 1. The second-order valence-corrected chi connectivity index (χ2v) is 3.98. The molecule has 2 aromatic heterocycles. The summed E-state index contributed by atoms with van der Waals surface area (Å²) in [5.74, 6) is 0.328. The van der Waals surface area contributed by atoms with Crippen LogP contribution in [-0.2, 0) is 0 Å². The number of rotatable bonds is 2. The van der Waals surface area contributed by atoms with E-state index in [1.807, 2.05) is 0 Å². The molecule has 0 aliphatic carbocycles. The van der Waals surface area contributed by atoms with E-state index < -0.39 is 5.91 Å². The Balaban J connectivity index is 2.22. The molecule has 88 valence electrons. The van der Waals surface area contributed by atoms with Gasteiger partial charge in [-0.15, -0.1) is 5.10 Å². The van der Waals surface area contributed by atoms with Crippen molar-refractivity contribution in [1.29, 1.82) is 0 Å². The first-order valence-electron chi connectivity index (χ1n) is 4.57. The van der Waals surface area contributed by atoms with Gasteiger partial charge in [-0.05, 0) is 13.0 Å². The standard InChI is InChI=1S/C9H7Cl2N5O/c1-4-13-9(16-15-4)14-8(17)5-2-7(11)12-3-6(5)10/h2-3H,1H3,(H2,13,14,15,16,17). The fourth-order valence-electron chi connectivity index (χ4n) is 1.15. The number of hydrogen-bond acceptors (Lipinski definition) is 4. The maximum Gasteiger partial charge on any atom is 0.259 e. The van der Waals surface area contributed by atoms with Crippen LogP contribution in [0.2, 0.25) is 10.2 Å². The monoisotopic (exact) mass is 271 g/mol. The molecule has 0 saturated carbocycles. The van der Waals surface area contributed by atoms with Gasteiger partial charge >= 0.3 is 0 Å². The third-order valence-electron chi connectivity index (χ3n) is 1.89. The van der Waals surface area contributed by atoms with Gasteiger partial charge in [0.15, 0.2) is 0 Å². The molecule has 2 heterocycles. The number of aromatic nitrogens is 4. The maximum atomic E-state index is 11.8. The summed E-state index contributed by atoms with van der Waals surface area (Å²) in [4.78, 5) is 19.5. The van der Waals surface area contributed by atoms with Crippen molar-refractivity contribution in [3.8, 4) is 0 Å². The normalized spacial score (nSPS) is 10.3. The minimum absolute atomic E-state index is 0.177. The van der Waals surface area contributed by atoms with Crippen LogP contribution in [0.25, 0.3) is 0 Å². The van der Waals surface area contributed by atoms with Gasteiger partial charge in [0, 0.05) is 6.20 Å². The van der Waals surface area contributed by atoms with Crippen molar-refractivity contribution in [2.24, 2.45) is 0 Å². The average molecular weight is 272 g/mol. The van der Waals surface area contributed by atoms with Gasteiger partial charge in [0.1, 0.15) is 11.0 Å². The first-order valence-corrected chi connectivity index (χ1v) is 5.33. The number of carbonyl (C=O) groups excluding carboxylic acids is 1. The van der Waals surface area contributed by atoms with Crippen molar-refractivity contribution in [3.63, 3.8) is 0 Å². The summed E-state index contributed by atoms with van der Waals surface area (Å²) in [6, 6.07) is 1.37. The second kappa shape index (κ2) is 4.68. The van der Waals surface area contributed by atoms with Gasteiger partial charge in [-0.3, -0.25) is 15.2 Å².